The van der Waals surface area contributed by atoms with Crippen LogP contribution in [0.4, 0.5) is 0 Å². The average molecular weight is 293 g/mol. The van der Waals surface area contributed by atoms with E-state index >= 15 is 0 Å². The number of rotatable bonds is 8. The third-order valence-electron chi connectivity index (χ3n) is 4.53. The van der Waals surface area contributed by atoms with Gasteiger partial charge in [0.25, 0.3) is 0 Å². The molecule has 1 fully saturated rings. The topological polar surface area (TPSA) is 39.1 Å². The van der Waals surface area contributed by atoms with Gasteiger partial charge in [0, 0.05) is 18.3 Å². The van der Waals surface area contributed by atoms with Crippen LogP contribution in [-0.2, 0) is 11.3 Å². The second-order valence-corrected chi connectivity index (χ2v) is 6.28. The van der Waals surface area contributed by atoms with Gasteiger partial charge in [-0.2, -0.15) is 5.10 Å². The number of hydrogen-bond acceptors (Lipinski definition) is 3. The Bertz CT molecular complexity index is 396. The third kappa shape index (κ3) is 5.11. The lowest BCUT2D eigenvalue weighted by Gasteiger charge is -2.29. The minimum Gasteiger partial charge on any atom is -0.372 e. The SMILES string of the molecule is CCCNC1CCC(OCc2ccn(C(C)CC)n2)CC1. The second-order valence-electron chi connectivity index (χ2n) is 6.28. The summed E-state index contributed by atoms with van der Waals surface area (Å²) in [6.07, 6.45) is 9.64. The summed E-state index contributed by atoms with van der Waals surface area (Å²) in [5.74, 6) is 0. The highest BCUT2D eigenvalue weighted by Gasteiger charge is 2.21. The van der Waals surface area contributed by atoms with Crippen LogP contribution in [0.2, 0.25) is 0 Å². The molecule has 1 aromatic heterocycles. The van der Waals surface area contributed by atoms with E-state index in [2.05, 4.69) is 43.4 Å². The molecule has 0 radical (unpaired) electrons. The summed E-state index contributed by atoms with van der Waals surface area (Å²) >= 11 is 0. The monoisotopic (exact) mass is 293 g/mol. The molecule has 120 valence electrons. The molecule has 1 atom stereocenters. The minimum atomic E-state index is 0.415. The van der Waals surface area contributed by atoms with Crippen LogP contribution in [0.15, 0.2) is 12.3 Å². The molecular weight excluding hydrogens is 262 g/mol. The molecule has 0 spiro atoms. The quantitative estimate of drug-likeness (QED) is 0.794. The van der Waals surface area contributed by atoms with E-state index in [1.807, 2.05) is 4.68 Å². The maximum atomic E-state index is 6.04. The standard InChI is InChI=1S/C17H31N3O/c1-4-11-18-15-6-8-17(9-7-15)21-13-16-10-12-20(19-16)14(3)5-2/h10,12,14-15,17-18H,4-9,11,13H2,1-3H3. The van der Waals surface area contributed by atoms with Crippen molar-refractivity contribution in [2.24, 2.45) is 0 Å². The molecule has 1 aliphatic carbocycles. The van der Waals surface area contributed by atoms with E-state index in [0.717, 1.165) is 18.7 Å². The Morgan fingerprint density at radius 3 is 2.76 bits per heavy atom. The Morgan fingerprint density at radius 1 is 1.33 bits per heavy atom. The van der Waals surface area contributed by atoms with E-state index in [0.29, 0.717) is 24.8 Å². The van der Waals surface area contributed by atoms with Gasteiger partial charge in [-0.05, 0) is 58.1 Å². The highest BCUT2D eigenvalue weighted by atomic mass is 16.5. The molecule has 1 saturated carbocycles. The van der Waals surface area contributed by atoms with Crippen molar-refractivity contribution in [1.29, 1.82) is 0 Å². The highest BCUT2D eigenvalue weighted by molar-refractivity contribution is 4.98. The first-order valence-corrected chi connectivity index (χ1v) is 8.61. The number of aromatic nitrogens is 2. The molecular formula is C17H31N3O. The van der Waals surface area contributed by atoms with Crippen molar-refractivity contribution in [1.82, 2.24) is 15.1 Å². The summed E-state index contributed by atoms with van der Waals surface area (Å²) in [4.78, 5) is 0. The zero-order valence-corrected chi connectivity index (χ0v) is 13.8. The van der Waals surface area contributed by atoms with Gasteiger partial charge >= 0.3 is 0 Å². The second kappa shape index (κ2) is 8.54. The molecule has 0 bridgehead atoms. The lowest BCUT2D eigenvalue weighted by Crippen LogP contribution is -2.35. The normalized spacial score (nSPS) is 24.1. The largest absolute Gasteiger partial charge is 0.372 e. The molecule has 1 aliphatic rings. The van der Waals surface area contributed by atoms with E-state index in [1.54, 1.807) is 0 Å². The van der Waals surface area contributed by atoms with Crippen LogP contribution in [0.25, 0.3) is 0 Å². The summed E-state index contributed by atoms with van der Waals surface area (Å²) in [5, 5.41) is 8.22. The number of hydrogen-bond donors (Lipinski definition) is 1. The lowest BCUT2D eigenvalue weighted by molar-refractivity contribution is 0.00956. The van der Waals surface area contributed by atoms with Crippen molar-refractivity contribution < 1.29 is 4.74 Å². The Hall–Kier alpha value is -0.870. The third-order valence-corrected chi connectivity index (χ3v) is 4.53. The number of nitrogens with one attached hydrogen (secondary N) is 1. The summed E-state index contributed by atoms with van der Waals surface area (Å²) in [6.45, 7) is 8.40. The fraction of sp³-hybridized carbons (Fsp3) is 0.824. The minimum absolute atomic E-state index is 0.415. The number of ether oxygens (including phenoxy) is 1. The van der Waals surface area contributed by atoms with E-state index < -0.39 is 0 Å². The molecule has 0 amide bonds. The van der Waals surface area contributed by atoms with Gasteiger partial charge in [-0.25, -0.2) is 0 Å². The first kappa shape index (κ1) is 16.5. The number of nitrogens with zero attached hydrogens (tertiary/aromatic N) is 2. The summed E-state index contributed by atoms with van der Waals surface area (Å²) in [5.41, 5.74) is 1.06. The van der Waals surface area contributed by atoms with Gasteiger partial charge in [-0.3, -0.25) is 4.68 Å². The molecule has 4 nitrogen and oxygen atoms in total. The van der Waals surface area contributed by atoms with Gasteiger partial charge in [0.15, 0.2) is 0 Å². The van der Waals surface area contributed by atoms with Gasteiger partial charge in [-0.15, -0.1) is 0 Å². The summed E-state index contributed by atoms with van der Waals surface area (Å²) in [6, 6.07) is 3.26. The summed E-state index contributed by atoms with van der Waals surface area (Å²) < 4.78 is 8.09. The molecule has 1 N–H and O–H groups in total. The molecule has 1 aromatic rings. The first-order valence-electron chi connectivity index (χ1n) is 8.61. The van der Waals surface area contributed by atoms with E-state index in [1.165, 1.54) is 32.1 Å². The van der Waals surface area contributed by atoms with Crippen LogP contribution in [0, 0.1) is 0 Å². The van der Waals surface area contributed by atoms with E-state index in [-0.39, 0.29) is 0 Å². The Morgan fingerprint density at radius 2 is 2.10 bits per heavy atom. The van der Waals surface area contributed by atoms with Crippen molar-refractivity contribution >= 4 is 0 Å². The van der Waals surface area contributed by atoms with Gasteiger partial charge < -0.3 is 10.1 Å². The van der Waals surface area contributed by atoms with Crippen LogP contribution >= 0.6 is 0 Å². The van der Waals surface area contributed by atoms with Crippen molar-refractivity contribution in [3.63, 3.8) is 0 Å². The predicted molar refractivity (Wildman–Crippen MR) is 86.4 cm³/mol. The van der Waals surface area contributed by atoms with E-state index in [4.69, 9.17) is 4.74 Å². The van der Waals surface area contributed by atoms with Crippen LogP contribution in [0.5, 0.6) is 0 Å². The van der Waals surface area contributed by atoms with Crippen molar-refractivity contribution in [2.75, 3.05) is 6.54 Å². The lowest BCUT2D eigenvalue weighted by atomic mass is 9.93. The molecule has 2 rings (SSSR count). The maximum Gasteiger partial charge on any atom is 0.0910 e. The molecule has 0 aliphatic heterocycles. The zero-order valence-electron chi connectivity index (χ0n) is 13.8. The van der Waals surface area contributed by atoms with Crippen LogP contribution < -0.4 is 5.32 Å². The Balaban J connectivity index is 1.68. The molecule has 1 unspecified atom stereocenters. The van der Waals surface area contributed by atoms with Crippen LogP contribution in [-0.4, -0.2) is 28.5 Å². The van der Waals surface area contributed by atoms with Gasteiger partial charge in [0.05, 0.1) is 18.4 Å². The predicted octanol–water partition coefficient (Wildman–Crippen LogP) is 3.68. The van der Waals surface area contributed by atoms with Crippen molar-refractivity contribution in [3.8, 4) is 0 Å². The van der Waals surface area contributed by atoms with Crippen LogP contribution in [0.3, 0.4) is 0 Å². The smallest absolute Gasteiger partial charge is 0.0910 e. The highest BCUT2D eigenvalue weighted by Crippen LogP contribution is 2.22. The molecule has 0 saturated heterocycles. The Labute approximate surface area is 129 Å². The van der Waals surface area contributed by atoms with Crippen LogP contribution in [0.1, 0.15) is 71.0 Å². The molecule has 0 aromatic carbocycles. The first-order chi connectivity index (χ1) is 10.2. The Kier molecular flexibility index (Phi) is 6.71. The molecule has 21 heavy (non-hydrogen) atoms. The van der Waals surface area contributed by atoms with E-state index in [9.17, 15) is 0 Å². The summed E-state index contributed by atoms with van der Waals surface area (Å²) in [7, 11) is 0. The maximum absolute atomic E-state index is 6.04. The fourth-order valence-electron chi connectivity index (χ4n) is 2.87. The van der Waals surface area contributed by atoms with Gasteiger partial charge in [0.1, 0.15) is 0 Å². The molecule has 4 heteroatoms. The van der Waals surface area contributed by atoms with Crippen molar-refractivity contribution in [3.05, 3.63) is 18.0 Å². The zero-order chi connectivity index (χ0) is 15.1. The van der Waals surface area contributed by atoms with Gasteiger partial charge in [-0.1, -0.05) is 13.8 Å². The van der Waals surface area contributed by atoms with Crippen molar-refractivity contribution in [2.45, 2.75) is 84.1 Å². The molecule has 1 heterocycles. The van der Waals surface area contributed by atoms with Gasteiger partial charge in [0.2, 0.25) is 0 Å². The fourth-order valence-corrected chi connectivity index (χ4v) is 2.87. The average Bonchev–Trinajstić information content (AvgIpc) is 3.00.